The van der Waals surface area contributed by atoms with Crippen LogP contribution in [0.5, 0.6) is 0 Å². The lowest BCUT2D eigenvalue weighted by Crippen LogP contribution is -2.36. The van der Waals surface area contributed by atoms with Crippen molar-refractivity contribution in [2.24, 2.45) is 5.92 Å². The highest BCUT2D eigenvalue weighted by Crippen LogP contribution is 2.34. The van der Waals surface area contributed by atoms with E-state index in [1.165, 1.54) is 24.1 Å². The van der Waals surface area contributed by atoms with Crippen LogP contribution in [-0.2, 0) is 34.0 Å². The van der Waals surface area contributed by atoms with E-state index in [1.807, 2.05) is 12.4 Å². The van der Waals surface area contributed by atoms with Crippen LogP contribution in [0, 0.1) is 5.92 Å². The van der Waals surface area contributed by atoms with Crippen LogP contribution in [0.25, 0.3) is 0 Å². The van der Waals surface area contributed by atoms with Crippen molar-refractivity contribution in [3.05, 3.63) is 54.1 Å². The minimum Gasteiger partial charge on any atom is -0.475 e. The van der Waals surface area contributed by atoms with Crippen molar-refractivity contribution in [1.82, 2.24) is 24.9 Å². The molecule has 2 aromatic heterocycles. The van der Waals surface area contributed by atoms with Gasteiger partial charge in [0.1, 0.15) is 5.69 Å². The molecule has 2 N–H and O–H groups in total. The normalized spacial score (nSPS) is 17.1. The zero-order valence-electron chi connectivity index (χ0n) is 20.5. The predicted molar refractivity (Wildman–Crippen MR) is 122 cm³/mol. The van der Waals surface area contributed by atoms with Gasteiger partial charge in [0.2, 0.25) is 0 Å². The first-order chi connectivity index (χ1) is 18.2. The van der Waals surface area contributed by atoms with Crippen molar-refractivity contribution in [2.75, 3.05) is 19.8 Å². The van der Waals surface area contributed by atoms with Gasteiger partial charge < -0.3 is 14.9 Å². The molecule has 1 unspecified atom stereocenters. The summed E-state index contributed by atoms with van der Waals surface area (Å²) in [7, 11) is 0. The highest BCUT2D eigenvalue weighted by molar-refractivity contribution is 5.73. The van der Waals surface area contributed by atoms with Gasteiger partial charge in [-0.15, -0.1) is 11.7 Å². The molecule has 0 amide bonds. The molecule has 0 saturated heterocycles. The number of rotatable bonds is 8. The van der Waals surface area contributed by atoms with E-state index in [4.69, 9.17) is 24.5 Å². The lowest BCUT2D eigenvalue weighted by Gasteiger charge is -2.32. The van der Waals surface area contributed by atoms with E-state index in [0.29, 0.717) is 19.1 Å². The minimum absolute atomic E-state index is 0.305. The molecule has 1 atom stereocenters. The maximum atomic E-state index is 10.6. The predicted octanol–water partition coefficient (Wildman–Crippen LogP) is 3.65. The molecule has 0 bridgehead atoms. The van der Waals surface area contributed by atoms with Crippen LogP contribution in [0.3, 0.4) is 0 Å². The van der Waals surface area contributed by atoms with Crippen LogP contribution in [0.2, 0.25) is 0 Å². The van der Waals surface area contributed by atoms with Crippen LogP contribution in [0.15, 0.2) is 37.2 Å². The Morgan fingerprint density at radius 3 is 2.13 bits per heavy atom. The molecule has 0 spiro atoms. The fourth-order valence-electron chi connectivity index (χ4n) is 3.56. The van der Waals surface area contributed by atoms with Crippen LogP contribution in [0.1, 0.15) is 35.7 Å². The summed E-state index contributed by atoms with van der Waals surface area (Å²) in [5.74, 6) is -4.42. The fraction of sp³-hybridized carbons (Fsp3) is 0.522. The summed E-state index contributed by atoms with van der Waals surface area (Å²) in [5, 5.41) is 23.2. The summed E-state index contributed by atoms with van der Waals surface area (Å²) in [6.07, 6.45) is -2.03. The number of carbonyl (C=O) groups is 2. The van der Waals surface area contributed by atoms with Crippen LogP contribution >= 0.6 is 0 Å². The van der Waals surface area contributed by atoms with Crippen molar-refractivity contribution in [3.8, 4) is 0 Å². The summed E-state index contributed by atoms with van der Waals surface area (Å²) in [6, 6.07) is 4.14. The van der Waals surface area contributed by atoms with Gasteiger partial charge in [-0.2, -0.15) is 26.3 Å². The molecule has 3 heterocycles. The highest BCUT2D eigenvalue weighted by atomic mass is 19.4. The van der Waals surface area contributed by atoms with Gasteiger partial charge in [-0.25, -0.2) is 14.3 Å². The number of ether oxygens (including phenoxy) is 1. The molecule has 1 aliphatic carbocycles. The zero-order valence-corrected chi connectivity index (χ0v) is 20.5. The van der Waals surface area contributed by atoms with E-state index in [9.17, 15) is 26.3 Å². The van der Waals surface area contributed by atoms with Crippen molar-refractivity contribution < 1.29 is 50.9 Å². The van der Waals surface area contributed by atoms with Gasteiger partial charge in [0.15, 0.2) is 0 Å². The highest BCUT2D eigenvalue weighted by Gasteiger charge is 2.39. The number of halogens is 6. The third kappa shape index (κ3) is 11.0. The van der Waals surface area contributed by atoms with Gasteiger partial charge in [-0.1, -0.05) is 11.3 Å². The first kappa shape index (κ1) is 31.7. The molecule has 2 aliphatic rings. The SMILES string of the molecule is C=CCOCC1CN(Cc2ccncc2)Cc2nnn(CC3CC3)c21.O=C(O)C(F)(F)F.O=C(O)C(F)(F)F. The fourth-order valence-corrected chi connectivity index (χ4v) is 3.56. The van der Waals surface area contributed by atoms with Gasteiger partial charge in [-0.3, -0.25) is 9.88 Å². The Morgan fingerprint density at radius 1 is 1.08 bits per heavy atom. The number of alkyl halides is 6. The van der Waals surface area contributed by atoms with Crippen molar-refractivity contribution in [2.45, 2.75) is 50.7 Å². The van der Waals surface area contributed by atoms with Gasteiger partial charge >= 0.3 is 24.3 Å². The Kier molecular flexibility index (Phi) is 11.4. The molecule has 2 aromatic rings. The maximum absolute atomic E-state index is 10.6. The second-order valence-electron chi connectivity index (χ2n) is 8.70. The number of hydrogen-bond acceptors (Lipinski definition) is 7. The summed E-state index contributed by atoms with van der Waals surface area (Å²) in [5.41, 5.74) is 3.66. The smallest absolute Gasteiger partial charge is 0.475 e. The number of carboxylic acids is 2. The molecular weight excluding hydrogens is 540 g/mol. The van der Waals surface area contributed by atoms with E-state index in [1.54, 1.807) is 6.08 Å². The Hall–Kier alpha value is -3.53. The average molecular weight is 567 g/mol. The lowest BCUT2D eigenvalue weighted by molar-refractivity contribution is -0.193. The summed E-state index contributed by atoms with van der Waals surface area (Å²) < 4.78 is 71.4. The Bertz CT molecular complexity index is 1070. The lowest BCUT2D eigenvalue weighted by atomic mass is 9.98. The minimum atomic E-state index is -5.08. The van der Waals surface area contributed by atoms with Crippen molar-refractivity contribution in [3.63, 3.8) is 0 Å². The monoisotopic (exact) mass is 567 g/mol. The van der Waals surface area contributed by atoms with Crippen LogP contribution < -0.4 is 0 Å². The largest absolute Gasteiger partial charge is 0.490 e. The summed E-state index contributed by atoms with van der Waals surface area (Å²) >= 11 is 0. The third-order valence-electron chi connectivity index (χ3n) is 5.41. The second-order valence-corrected chi connectivity index (χ2v) is 8.70. The first-order valence-corrected chi connectivity index (χ1v) is 11.5. The van der Waals surface area contributed by atoms with Crippen molar-refractivity contribution in [1.29, 1.82) is 0 Å². The van der Waals surface area contributed by atoms with Crippen LogP contribution in [-0.4, -0.2) is 79.1 Å². The number of aliphatic carboxylic acids is 2. The number of fused-ring (bicyclic) bond motifs is 1. The molecule has 1 fully saturated rings. The number of pyridine rings is 1. The second kappa shape index (κ2) is 14.0. The van der Waals surface area contributed by atoms with Crippen molar-refractivity contribution >= 4 is 11.9 Å². The van der Waals surface area contributed by atoms with E-state index >= 15 is 0 Å². The maximum Gasteiger partial charge on any atom is 0.490 e. The van der Waals surface area contributed by atoms with Gasteiger partial charge in [0.05, 0.1) is 18.9 Å². The molecule has 1 saturated carbocycles. The van der Waals surface area contributed by atoms with Gasteiger partial charge in [-0.05, 0) is 36.5 Å². The third-order valence-corrected chi connectivity index (χ3v) is 5.41. The molecular formula is C23H27F6N5O5. The van der Waals surface area contributed by atoms with Gasteiger partial charge in [0.25, 0.3) is 0 Å². The topological polar surface area (TPSA) is 131 Å². The van der Waals surface area contributed by atoms with Gasteiger partial charge in [0, 0.05) is 44.5 Å². The molecule has 0 aromatic carbocycles. The Labute approximate surface area is 218 Å². The number of nitrogens with zero attached hydrogens (tertiary/aromatic N) is 5. The number of aromatic nitrogens is 4. The van der Waals surface area contributed by atoms with E-state index in [2.05, 4.69) is 43.6 Å². The molecule has 1 aliphatic heterocycles. The first-order valence-electron chi connectivity index (χ1n) is 11.5. The Balaban J connectivity index is 0.000000317. The molecule has 216 valence electrons. The standard InChI is InChI=1S/C19H25N5O.2C2HF3O2/c1-2-9-25-14-17-12-23(10-16-5-7-20-8-6-16)13-18-19(17)24(22-21-18)11-15-3-4-15;2*3-2(4,5)1(6)7/h2,5-8,15,17H,1,3-4,9-14H2;2*(H,6,7). The van der Waals surface area contributed by atoms with Crippen LogP contribution in [0.4, 0.5) is 26.3 Å². The Morgan fingerprint density at radius 2 is 1.64 bits per heavy atom. The molecule has 0 radical (unpaired) electrons. The molecule has 16 heteroatoms. The zero-order chi connectivity index (χ0) is 29.2. The van der Waals surface area contributed by atoms with E-state index in [0.717, 1.165) is 37.8 Å². The molecule has 10 nitrogen and oxygen atoms in total. The molecule has 39 heavy (non-hydrogen) atoms. The number of carboxylic acid groups (broad SMARTS) is 2. The summed E-state index contributed by atoms with van der Waals surface area (Å²) in [4.78, 5) is 24.3. The average Bonchev–Trinajstić information content (AvgIpc) is 3.57. The molecule has 4 rings (SSSR count). The number of hydrogen-bond donors (Lipinski definition) is 2. The van der Waals surface area contributed by atoms with E-state index in [-0.39, 0.29) is 0 Å². The van der Waals surface area contributed by atoms with E-state index < -0.39 is 24.3 Å². The quantitative estimate of drug-likeness (QED) is 0.279. The summed E-state index contributed by atoms with van der Waals surface area (Å²) in [6.45, 7) is 8.72.